The third-order valence-corrected chi connectivity index (χ3v) is 4.87. The topological polar surface area (TPSA) is 93.5 Å². The number of ether oxygens (including phenoxy) is 1. The average Bonchev–Trinajstić information content (AvgIpc) is 2.71. The van der Waals surface area contributed by atoms with Gasteiger partial charge < -0.3 is 15.0 Å². The van der Waals surface area contributed by atoms with Crippen LogP contribution in [0.1, 0.15) is 25.5 Å². The second kappa shape index (κ2) is 9.36. The van der Waals surface area contributed by atoms with E-state index in [2.05, 4.69) is 10.3 Å². The average molecular weight is 398 g/mol. The lowest BCUT2D eigenvalue weighted by atomic mass is 9.97. The lowest BCUT2D eigenvalue weighted by molar-refractivity contribution is -0.148. The predicted octanol–water partition coefficient (Wildman–Crippen LogP) is 1.97. The molecule has 1 fully saturated rings. The van der Waals surface area contributed by atoms with Gasteiger partial charge in [0.05, 0.1) is 12.5 Å². The number of aromatic nitrogens is 2. The molecule has 3 rings (SSSR count). The van der Waals surface area contributed by atoms with Crippen molar-refractivity contribution in [2.45, 2.75) is 33.2 Å². The number of hydrogen-bond acceptors (Lipinski definition) is 6. The first kappa shape index (κ1) is 20.6. The van der Waals surface area contributed by atoms with Crippen LogP contribution in [0.2, 0.25) is 0 Å². The lowest BCUT2D eigenvalue weighted by Crippen LogP contribution is -2.41. The number of aryl methyl sites for hydroxylation is 1. The minimum Gasteiger partial charge on any atom is -0.466 e. The van der Waals surface area contributed by atoms with Gasteiger partial charge in [-0.15, -0.1) is 0 Å². The van der Waals surface area contributed by atoms with Crippen LogP contribution in [0.3, 0.4) is 0 Å². The number of para-hydroxylation sites is 1. The van der Waals surface area contributed by atoms with Gasteiger partial charge in [-0.3, -0.25) is 19.0 Å². The van der Waals surface area contributed by atoms with Crippen LogP contribution in [0.25, 0.3) is 0 Å². The summed E-state index contributed by atoms with van der Waals surface area (Å²) in [6.45, 7) is 4.93. The summed E-state index contributed by atoms with van der Waals surface area (Å²) in [6, 6.07) is 10.5. The number of hydrogen-bond donors (Lipinski definition) is 1. The number of anilines is 2. The van der Waals surface area contributed by atoms with Crippen LogP contribution < -0.4 is 15.8 Å². The molecule has 2 heterocycles. The number of nitrogens with zero attached hydrogens (tertiary/aromatic N) is 3. The summed E-state index contributed by atoms with van der Waals surface area (Å²) in [6.07, 6.45) is 1.25. The van der Waals surface area contributed by atoms with Crippen molar-refractivity contribution < 1.29 is 14.3 Å². The Hall–Kier alpha value is -3.16. The van der Waals surface area contributed by atoms with Crippen LogP contribution >= 0.6 is 0 Å². The van der Waals surface area contributed by atoms with Crippen molar-refractivity contribution in [1.29, 1.82) is 0 Å². The van der Waals surface area contributed by atoms with Gasteiger partial charge in [0.1, 0.15) is 6.54 Å². The maximum absolute atomic E-state index is 12.6. The summed E-state index contributed by atoms with van der Waals surface area (Å²) in [7, 11) is 0. The van der Waals surface area contributed by atoms with Crippen LogP contribution in [0.4, 0.5) is 11.6 Å². The molecule has 8 nitrogen and oxygen atoms in total. The Labute approximate surface area is 169 Å². The number of benzene rings is 1. The van der Waals surface area contributed by atoms with Crippen molar-refractivity contribution in [2.24, 2.45) is 5.92 Å². The quantitative estimate of drug-likeness (QED) is 0.748. The molecule has 1 amide bonds. The van der Waals surface area contributed by atoms with E-state index >= 15 is 0 Å². The molecule has 1 saturated heterocycles. The highest BCUT2D eigenvalue weighted by Gasteiger charge is 2.28. The molecule has 0 spiro atoms. The van der Waals surface area contributed by atoms with Gasteiger partial charge in [-0.2, -0.15) is 0 Å². The molecule has 1 aliphatic heterocycles. The Balaban J connectivity index is 1.75. The SMILES string of the molecule is CCOC(=O)C1CCN(c2nc(C)cc(=O)n2CC(=O)Nc2ccccc2)CC1. The van der Waals surface area contributed by atoms with E-state index < -0.39 is 0 Å². The number of amides is 1. The summed E-state index contributed by atoms with van der Waals surface area (Å²) in [5.41, 5.74) is 0.989. The van der Waals surface area contributed by atoms with Crippen LogP contribution in [-0.2, 0) is 20.9 Å². The minimum absolute atomic E-state index is 0.131. The number of rotatable bonds is 6. The zero-order valence-electron chi connectivity index (χ0n) is 16.8. The normalized spacial score (nSPS) is 14.5. The molecule has 29 heavy (non-hydrogen) atoms. The van der Waals surface area contributed by atoms with E-state index in [0.29, 0.717) is 49.9 Å². The summed E-state index contributed by atoms with van der Waals surface area (Å²) in [4.78, 5) is 43.5. The van der Waals surface area contributed by atoms with Gasteiger partial charge in [0.25, 0.3) is 5.56 Å². The van der Waals surface area contributed by atoms with E-state index in [-0.39, 0.29) is 29.9 Å². The van der Waals surface area contributed by atoms with Gasteiger partial charge in [0.2, 0.25) is 11.9 Å². The Morgan fingerprint density at radius 2 is 1.90 bits per heavy atom. The Bertz CT molecular complexity index is 918. The fourth-order valence-corrected chi connectivity index (χ4v) is 3.44. The van der Waals surface area contributed by atoms with Crippen LogP contribution in [0.5, 0.6) is 0 Å². The standard InChI is InChI=1S/C21H26N4O4/c1-3-29-20(28)16-9-11-24(12-10-16)21-22-15(2)13-19(27)25(21)14-18(26)23-17-7-5-4-6-8-17/h4-8,13,16H,3,9-12,14H2,1-2H3,(H,23,26). The number of esters is 1. The third-order valence-electron chi connectivity index (χ3n) is 4.87. The molecule has 0 unspecified atom stereocenters. The highest BCUT2D eigenvalue weighted by molar-refractivity contribution is 5.90. The first-order valence-corrected chi connectivity index (χ1v) is 9.83. The second-order valence-electron chi connectivity index (χ2n) is 7.05. The molecular weight excluding hydrogens is 372 g/mol. The van der Waals surface area contributed by atoms with E-state index in [0.717, 1.165) is 0 Å². The highest BCUT2D eigenvalue weighted by atomic mass is 16.5. The Morgan fingerprint density at radius 1 is 1.21 bits per heavy atom. The Kier molecular flexibility index (Phi) is 6.64. The molecule has 0 bridgehead atoms. The molecular formula is C21H26N4O4. The van der Waals surface area contributed by atoms with Crippen LogP contribution in [0.15, 0.2) is 41.2 Å². The molecule has 0 saturated carbocycles. The smallest absolute Gasteiger partial charge is 0.309 e. The Morgan fingerprint density at radius 3 is 2.55 bits per heavy atom. The molecule has 0 aliphatic carbocycles. The first-order chi connectivity index (χ1) is 14.0. The highest BCUT2D eigenvalue weighted by Crippen LogP contribution is 2.22. The van der Waals surface area contributed by atoms with Crippen molar-refractivity contribution in [3.05, 3.63) is 52.4 Å². The van der Waals surface area contributed by atoms with E-state index in [1.54, 1.807) is 26.0 Å². The molecule has 0 atom stereocenters. The molecule has 2 aromatic rings. The molecule has 0 radical (unpaired) electrons. The van der Waals surface area contributed by atoms with Gasteiger partial charge in [0.15, 0.2) is 0 Å². The van der Waals surface area contributed by atoms with E-state index in [1.165, 1.54) is 10.6 Å². The number of nitrogens with one attached hydrogen (secondary N) is 1. The predicted molar refractivity (Wildman–Crippen MR) is 110 cm³/mol. The monoisotopic (exact) mass is 398 g/mol. The second-order valence-corrected chi connectivity index (χ2v) is 7.05. The number of carbonyl (C=O) groups is 2. The van der Waals surface area contributed by atoms with Gasteiger partial charge in [0, 0.05) is 30.5 Å². The molecule has 8 heteroatoms. The van der Waals surface area contributed by atoms with Crippen molar-refractivity contribution in [3.8, 4) is 0 Å². The lowest BCUT2D eigenvalue weighted by Gasteiger charge is -2.32. The summed E-state index contributed by atoms with van der Waals surface area (Å²) < 4.78 is 6.50. The number of carbonyl (C=O) groups excluding carboxylic acids is 2. The summed E-state index contributed by atoms with van der Waals surface area (Å²) >= 11 is 0. The minimum atomic E-state index is -0.299. The van der Waals surface area contributed by atoms with Gasteiger partial charge >= 0.3 is 5.97 Å². The van der Waals surface area contributed by atoms with E-state index in [9.17, 15) is 14.4 Å². The van der Waals surface area contributed by atoms with Gasteiger partial charge in [-0.25, -0.2) is 4.98 Å². The van der Waals surface area contributed by atoms with Gasteiger partial charge in [-0.05, 0) is 38.8 Å². The third kappa shape index (κ3) is 5.22. The maximum atomic E-state index is 12.6. The van der Waals surface area contributed by atoms with E-state index in [4.69, 9.17) is 4.74 Å². The summed E-state index contributed by atoms with van der Waals surface area (Å²) in [5, 5.41) is 2.79. The fraction of sp³-hybridized carbons (Fsp3) is 0.429. The van der Waals surface area contributed by atoms with Crippen molar-refractivity contribution in [2.75, 3.05) is 29.9 Å². The maximum Gasteiger partial charge on any atom is 0.309 e. The zero-order valence-corrected chi connectivity index (χ0v) is 16.8. The summed E-state index contributed by atoms with van der Waals surface area (Å²) in [5.74, 6) is -0.159. The molecule has 1 aliphatic rings. The fourth-order valence-electron chi connectivity index (χ4n) is 3.44. The molecule has 1 N–H and O–H groups in total. The van der Waals surface area contributed by atoms with Crippen molar-refractivity contribution >= 4 is 23.5 Å². The van der Waals surface area contributed by atoms with Crippen molar-refractivity contribution in [1.82, 2.24) is 9.55 Å². The zero-order chi connectivity index (χ0) is 20.8. The molecule has 1 aromatic carbocycles. The molecule has 154 valence electrons. The van der Waals surface area contributed by atoms with Crippen LogP contribution in [-0.4, -0.2) is 41.1 Å². The largest absolute Gasteiger partial charge is 0.466 e. The van der Waals surface area contributed by atoms with Gasteiger partial charge in [-0.1, -0.05) is 18.2 Å². The first-order valence-electron chi connectivity index (χ1n) is 9.83. The van der Waals surface area contributed by atoms with Crippen LogP contribution in [0, 0.1) is 12.8 Å². The van der Waals surface area contributed by atoms with E-state index in [1.807, 2.05) is 23.1 Å². The molecule has 1 aromatic heterocycles. The van der Waals surface area contributed by atoms with Crippen molar-refractivity contribution in [3.63, 3.8) is 0 Å². The number of piperidine rings is 1.